The average molecular weight is 819 g/mol. The number of para-hydroxylation sites is 2. The van der Waals surface area contributed by atoms with Crippen LogP contribution in [0.25, 0.3) is 72.7 Å². The van der Waals surface area contributed by atoms with Crippen molar-refractivity contribution in [3.63, 3.8) is 0 Å². The minimum absolute atomic E-state index is 0. The van der Waals surface area contributed by atoms with Crippen molar-refractivity contribution in [2.24, 2.45) is 0 Å². The average Bonchev–Trinajstić information content (AvgIpc) is 3.58. The Labute approximate surface area is 307 Å². The van der Waals surface area contributed by atoms with Crippen molar-refractivity contribution in [1.82, 2.24) is 14.5 Å². The first-order valence-electron chi connectivity index (χ1n) is 18.1. The largest absolute Gasteiger partial charge is 0.507 e. The smallest absolute Gasteiger partial charge is 0.148 e. The van der Waals surface area contributed by atoms with Gasteiger partial charge in [-0.15, -0.1) is 23.8 Å². The number of phenols is 1. The summed E-state index contributed by atoms with van der Waals surface area (Å²) < 4.78 is 43.7. The topological polar surface area (TPSA) is 50.9 Å². The molecule has 0 unspecified atom stereocenters. The second-order valence-electron chi connectivity index (χ2n) is 11.7. The van der Waals surface area contributed by atoms with Crippen LogP contribution in [0.3, 0.4) is 0 Å². The second kappa shape index (κ2) is 13.5. The van der Waals surface area contributed by atoms with E-state index in [2.05, 4.69) is 21.7 Å². The number of aromatic nitrogens is 3. The zero-order chi connectivity index (χ0) is 37.0. The molecular weight excluding hydrogens is 782 g/mol. The van der Waals surface area contributed by atoms with E-state index in [9.17, 15) is 5.11 Å². The van der Waals surface area contributed by atoms with E-state index in [4.69, 9.17) is 11.8 Å². The Hall–Kier alpha value is -5.57. The van der Waals surface area contributed by atoms with E-state index in [1.807, 2.05) is 111 Å². The van der Waals surface area contributed by atoms with Crippen molar-refractivity contribution < 1.29 is 33.0 Å². The first-order valence-corrected chi connectivity index (χ1v) is 15.6. The third-order valence-corrected chi connectivity index (χ3v) is 8.48. The van der Waals surface area contributed by atoms with Gasteiger partial charge in [0.25, 0.3) is 0 Å². The molecule has 8 rings (SSSR count). The summed E-state index contributed by atoms with van der Waals surface area (Å²) in [5.41, 5.74) is 10.1. The summed E-state index contributed by atoms with van der Waals surface area (Å²) in [4.78, 5) is 9.94. The van der Waals surface area contributed by atoms with Crippen LogP contribution >= 0.6 is 0 Å². The van der Waals surface area contributed by atoms with E-state index in [0.29, 0.717) is 28.2 Å². The van der Waals surface area contributed by atoms with Crippen LogP contribution in [0.2, 0.25) is 0 Å². The van der Waals surface area contributed by atoms with Gasteiger partial charge in [0, 0.05) is 38.6 Å². The molecule has 1 N–H and O–H groups in total. The van der Waals surface area contributed by atoms with E-state index >= 15 is 0 Å². The molecule has 0 saturated heterocycles. The number of aromatic hydroxyl groups is 1. The van der Waals surface area contributed by atoms with Gasteiger partial charge in [0.1, 0.15) is 11.6 Å². The van der Waals surface area contributed by atoms with Crippen LogP contribution in [-0.4, -0.2) is 19.6 Å². The van der Waals surface area contributed by atoms with Gasteiger partial charge in [-0.3, -0.25) is 9.55 Å². The van der Waals surface area contributed by atoms with Gasteiger partial charge < -0.3 is 5.11 Å². The molecule has 0 aliphatic carbocycles. The normalized spacial score (nSPS) is 12.4. The standard InChI is InChI=1S/C44H32N3O.Pt/c1-29-23-30(2)43(48)39(24-29)44-46-42-38(19-12-20-41(42)47(44)37-17-10-5-11-18-37)35-25-34(32-15-8-4-9-16-32)26-36(27-35)40-28-33(21-22-45-40)31-13-6-3-7-14-31;/h3-26,28,48H,1-2H3;/q-1;/i3D,6D,7D,13D,14D;. The molecule has 0 radical (unpaired) electrons. The Bertz CT molecular complexity index is 2690. The molecule has 0 fully saturated rings. The van der Waals surface area contributed by atoms with E-state index in [1.165, 1.54) is 0 Å². The van der Waals surface area contributed by atoms with Crippen molar-refractivity contribution >= 4 is 11.0 Å². The molecule has 0 spiro atoms. The van der Waals surface area contributed by atoms with Crippen LogP contribution in [0.5, 0.6) is 5.75 Å². The predicted molar refractivity (Wildman–Crippen MR) is 196 cm³/mol. The summed E-state index contributed by atoms with van der Waals surface area (Å²) in [6, 6.07) is 39.2. The molecule has 240 valence electrons. The zero-order valence-electron chi connectivity index (χ0n) is 31.7. The Kier molecular flexibility index (Phi) is 7.27. The van der Waals surface area contributed by atoms with Gasteiger partial charge in [0.2, 0.25) is 0 Å². The number of hydrogen-bond acceptors (Lipinski definition) is 3. The van der Waals surface area contributed by atoms with Crippen LogP contribution in [0, 0.1) is 19.9 Å². The summed E-state index contributed by atoms with van der Waals surface area (Å²) in [7, 11) is 0. The van der Waals surface area contributed by atoms with E-state index < -0.39 is 18.1 Å². The molecule has 8 aromatic rings. The van der Waals surface area contributed by atoms with Crippen molar-refractivity contribution in [1.29, 1.82) is 0 Å². The van der Waals surface area contributed by atoms with Crippen LogP contribution in [-0.2, 0) is 21.1 Å². The summed E-state index contributed by atoms with van der Waals surface area (Å²) >= 11 is 0. The SMILES string of the molecule is [2H]c1c([2H])c([2H])c(-c2ccnc(-c3[c-]c(-c4cccc5c4nc(-c4cc(C)cc(C)c4O)n5-c4ccccc4)cc(-c4ccccc4)c3)c2)c([2H])c1[2H].[Pt]. The van der Waals surface area contributed by atoms with Crippen molar-refractivity contribution in [2.45, 2.75) is 13.8 Å². The number of rotatable bonds is 6. The molecular formula is C44H32N3OPt-. The quantitative estimate of drug-likeness (QED) is 0.170. The maximum atomic E-state index is 11.3. The summed E-state index contributed by atoms with van der Waals surface area (Å²) in [6.07, 6.45) is 1.58. The van der Waals surface area contributed by atoms with Crippen LogP contribution < -0.4 is 0 Å². The molecule has 0 saturated carbocycles. The van der Waals surface area contributed by atoms with E-state index in [-0.39, 0.29) is 44.5 Å². The monoisotopic (exact) mass is 818 g/mol. The predicted octanol–water partition coefficient (Wildman–Crippen LogP) is 10.9. The van der Waals surface area contributed by atoms with Gasteiger partial charge in [0.05, 0.1) is 23.5 Å². The number of benzene rings is 6. The van der Waals surface area contributed by atoms with Gasteiger partial charge >= 0.3 is 0 Å². The van der Waals surface area contributed by atoms with Gasteiger partial charge in [-0.25, -0.2) is 4.98 Å². The van der Waals surface area contributed by atoms with Crippen molar-refractivity contribution in [3.05, 3.63) is 169 Å². The molecule has 0 aliphatic heterocycles. The number of pyridine rings is 1. The molecule has 0 bridgehead atoms. The summed E-state index contributed by atoms with van der Waals surface area (Å²) in [5, 5.41) is 11.3. The Morgan fingerprint density at radius 2 is 1.41 bits per heavy atom. The number of aryl methyl sites for hydroxylation is 2. The molecule has 6 aromatic carbocycles. The van der Waals surface area contributed by atoms with Crippen LogP contribution in [0.15, 0.2) is 152 Å². The molecule has 0 amide bonds. The Morgan fingerprint density at radius 3 is 2.18 bits per heavy atom. The molecule has 0 aliphatic rings. The fourth-order valence-corrected chi connectivity index (χ4v) is 6.24. The van der Waals surface area contributed by atoms with Crippen LogP contribution in [0.1, 0.15) is 18.0 Å². The minimum Gasteiger partial charge on any atom is -0.507 e. The zero-order valence-corrected chi connectivity index (χ0v) is 28.9. The first kappa shape index (κ1) is 26.4. The van der Waals surface area contributed by atoms with Crippen LogP contribution in [0.4, 0.5) is 0 Å². The number of fused-ring (bicyclic) bond motifs is 1. The molecule has 2 aromatic heterocycles. The molecule has 5 heteroatoms. The minimum atomic E-state index is -0.439. The van der Waals surface area contributed by atoms with E-state index in [0.717, 1.165) is 50.1 Å². The number of hydrogen-bond donors (Lipinski definition) is 1. The number of phenolic OH excluding ortho intramolecular Hbond substituents is 1. The van der Waals surface area contributed by atoms with Crippen molar-refractivity contribution in [3.8, 4) is 67.5 Å². The molecule has 2 heterocycles. The fraction of sp³-hybridized carbons (Fsp3) is 0.0455. The number of imidazole rings is 1. The summed E-state index contributed by atoms with van der Waals surface area (Å²) in [6.45, 7) is 3.89. The third kappa shape index (κ3) is 6.12. The first-order chi connectivity index (χ1) is 25.6. The maximum absolute atomic E-state index is 11.3. The van der Waals surface area contributed by atoms with Gasteiger partial charge in [-0.2, -0.15) is 0 Å². The Balaban J connectivity index is 0.00000450. The maximum Gasteiger partial charge on any atom is 0.148 e. The Morgan fingerprint density at radius 1 is 0.673 bits per heavy atom. The summed E-state index contributed by atoms with van der Waals surface area (Å²) in [5.74, 6) is 0.782. The fourth-order valence-electron chi connectivity index (χ4n) is 6.24. The van der Waals surface area contributed by atoms with Gasteiger partial charge in [-0.1, -0.05) is 120 Å². The number of nitrogens with zero attached hydrogens (tertiary/aromatic N) is 3. The van der Waals surface area contributed by atoms with Gasteiger partial charge in [0.15, 0.2) is 0 Å². The molecule has 49 heavy (non-hydrogen) atoms. The third-order valence-electron chi connectivity index (χ3n) is 8.48. The molecule has 4 nitrogen and oxygen atoms in total. The second-order valence-corrected chi connectivity index (χ2v) is 11.7. The van der Waals surface area contributed by atoms with Gasteiger partial charge in [-0.05, 0) is 72.0 Å². The van der Waals surface area contributed by atoms with Crippen molar-refractivity contribution in [2.75, 3.05) is 0 Å². The molecule has 0 atom stereocenters. The van der Waals surface area contributed by atoms with E-state index in [1.54, 1.807) is 18.3 Å².